The van der Waals surface area contributed by atoms with Crippen LogP contribution in [0.25, 0.3) is 11.4 Å². The molecule has 0 atom stereocenters. The van der Waals surface area contributed by atoms with Crippen molar-refractivity contribution in [3.05, 3.63) is 71.9 Å². The van der Waals surface area contributed by atoms with Crippen LogP contribution in [0.1, 0.15) is 29.4 Å². The number of nitrogens with zero attached hydrogens (tertiary/aromatic N) is 3. The van der Waals surface area contributed by atoms with E-state index in [-0.39, 0.29) is 5.69 Å². The molecule has 0 aliphatic rings. The van der Waals surface area contributed by atoms with E-state index in [0.717, 1.165) is 18.5 Å². The topological polar surface area (TPSA) is 90.7 Å². The average Bonchev–Trinajstić information content (AvgIpc) is 2.73. The summed E-state index contributed by atoms with van der Waals surface area (Å²) in [6.07, 6.45) is 0.932. The summed E-state index contributed by atoms with van der Waals surface area (Å²) in [5.74, 6) is 0.664. The van der Waals surface area contributed by atoms with Gasteiger partial charge in [-0.2, -0.15) is 5.26 Å². The van der Waals surface area contributed by atoms with Gasteiger partial charge in [-0.05, 0) is 18.6 Å². The van der Waals surface area contributed by atoms with Crippen LogP contribution in [0.3, 0.4) is 0 Å². The molecular formula is C21H19N5O. The number of nitriles is 1. The van der Waals surface area contributed by atoms with Crippen molar-refractivity contribution in [1.82, 2.24) is 9.97 Å². The monoisotopic (exact) mass is 357 g/mol. The van der Waals surface area contributed by atoms with Gasteiger partial charge in [-0.3, -0.25) is 4.79 Å². The van der Waals surface area contributed by atoms with Gasteiger partial charge < -0.3 is 10.6 Å². The molecule has 3 aromatic rings. The first-order chi connectivity index (χ1) is 13.2. The predicted molar refractivity (Wildman–Crippen MR) is 105 cm³/mol. The van der Waals surface area contributed by atoms with Gasteiger partial charge in [0.05, 0.1) is 11.3 Å². The summed E-state index contributed by atoms with van der Waals surface area (Å²) in [5, 5.41) is 15.2. The van der Waals surface area contributed by atoms with Crippen molar-refractivity contribution in [1.29, 1.82) is 5.26 Å². The van der Waals surface area contributed by atoms with E-state index in [4.69, 9.17) is 0 Å². The maximum atomic E-state index is 12.8. The highest BCUT2D eigenvalue weighted by Crippen LogP contribution is 2.20. The first kappa shape index (κ1) is 18.1. The zero-order chi connectivity index (χ0) is 19.1. The smallest absolute Gasteiger partial charge is 0.274 e. The lowest BCUT2D eigenvalue weighted by molar-refractivity contribution is 0.102. The van der Waals surface area contributed by atoms with Crippen molar-refractivity contribution in [3.63, 3.8) is 0 Å². The number of anilines is 2. The molecule has 2 aromatic carbocycles. The van der Waals surface area contributed by atoms with Gasteiger partial charge in [-0.25, -0.2) is 9.97 Å². The van der Waals surface area contributed by atoms with Gasteiger partial charge in [0.15, 0.2) is 5.82 Å². The Balaban J connectivity index is 1.95. The first-order valence-electron chi connectivity index (χ1n) is 8.70. The van der Waals surface area contributed by atoms with Crippen LogP contribution < -0.4 is 10.6 Å². The highest BCUT2D eigenvalue weighted by molar-refractivity contribution is 6.04. The van der Waals surface area contributed by atoms with Gasteiger partial charge in [0.2, 0.25) is 0 Å². The molecule has 6 nitrogen and oxygen atoms in total. The lowest BCUT2D eigenvalue weighted by Gasteiger charge is -2.11. The van der Waals surface area contributed by atoms with E-state index >= 15 is 0 Å². The second-order valence-electron chi connectivity index (χ2n) is 5.87. The van der Waals surface area contributed by atoms with Gasteiger partial charge in [0.25, 0.3) is 5.91 Å². The van der Waals surface area contributed by atoms with Crippen molar-refractivity contribution >= 4 is 17.4 Å². The quantitative estimate of drug-likeness (QED) is 0.693. The van der Waals surface area contributed by atoms with Crippen molar-refractivity contribution in [2.45, 2.75) is 13.3 Å². The van der Waals surface area contributed by atoms with Crippen LogP contribution >= 0.6 is 0 Å². The van der Waals surface area contributed by atoms with Gasteiger partial charge in [-0.1, -0.05) is 49.4 Å². The van der Waals surface area contributed by atoms with Gasteiger partial charge in [0, 0.05) is 18.2 Å². The minimum atomic E-state index is -0.392. The van der Waals surface area contributed by atoms with E-state index in [2.05, 4.69) is 33.6 Å². The molecule has 0 aliphatic carbocycles. The largest absolute Gasteiger partial charge is 0.370 e. The number of nitrogens with one attached hydrogen (secondary N) is 2. The Morgan fingerprint density at radius 2 is 1.81 bits per heavy atom. The second kappa shape index (κ2) is 8.59. The van der Waals surface area contributed by atoms with Crippen LogP contribution in [0, 0.1) is 11.3 Å². The van der Waals surface area contributed by atoms with Crippen LogP contribution in [0.15, 0.2) is 60.7 Å². The third-order valence-electron chi connectivity index (χ3n) is 3.84. The molecule has 0 bridgehead atoms. The fourth-order valence-corrected chi connectivity index (χ4v) is 2.50. The summed E-state index contributed by atoms with van der Waals surface area (Å²) >= 11 is 0. The summed E-state index contributed by atoms with van der Waals surface area (Å²) in [7, 11) is 0. The molecule has 1 amide bonds. The van der Waals surface area contributed by atoms with Crippen LogP contribution in [0.4, 0.5) is 11.5 Å². The maximum absolute atomic E-state index is 12.8. The summed E-state index contributed by atoms with van der Waals surface area (Å²) in [4.78, 5) is 21.7. The molecule has 0 spiro atoms. The van der Waals surface area contributed by atoms with Crippen molar-refractivity contribution in [2.24, 2.45) is 0 Å². The Morgan fingerprint density at radius 3 is 2.56 bits per heavy atom. The van der Waals surface area contributed by atoms with E-state index in [1.807, 2.05) is 30.3 Å². The lowest BCUT2D eigenvalue weighted by Crippen LogP contribution is -2.16. The fourth-order valence-electron chi connectivity index (χ4n) is 2.50. The molecular weight excluding hydrogens is 338 g/mol. The number of carbonyl (C=O) groups is 1. The molecule has 3 rings (SSSR count). The Labute approximate surface area is 157 Å². The number of para-hydroxylation sites is 1. The molecule has 1 heterocycles. The minimum absolute atomic E-state index is 0.232. The number of carbonyl (C=O) groups excluding carboxylic acids is 1. The average molecular weight is 357 g/mol. The van der Waals surface area contributed by atoms with Gasteiger partial charge in [0.1, 0.15) is 17.6 Å². The second-order valence-corrected chi connectivity index (χ2v) is 5.87. The number of rotatable bonds is 6. The highest BCUT2D eigenvalue weighted by atomic mass is 16.1. The number of hydrogen-bond donors (Lipinski definition) is 2. The van der Waals surface area contributed by atoms with Gasteiger partial charge in [-0.15, -0.1) is 0 Å². The first-order valence-corrected chi connectivity index (χ1v) is 8.70. The van der Waals surface area contributed by atoms with E-state index in [9.17, 15) is 10.1 Å². The number of hydrogen-bond acceptors (Lipinski definition) is 5. The molecule has 0 unspecified atom stereocenters. The molecule has 1 aromatic heterocycles. The number of aromatic nitrogens is 2. The molecule has 27 heavy (non-hydrogen) atoms. The molecule has 0 saturated carbocycles. The summed E-state index contributed by atoms with van der Waals surface area (Å²) in [6.45, 7) is 2.79. The Hall–Kier alpha value is -3.72. The fraction of sp³-hybridized carbons (Fsp3) is 0.143. The van der Waals surface area contributed by atoms with E-state index in [1.54, 1.807) is 30.3 Å². The van der Waals surface area contributed by atoms with Crippen LogP contribution in [-0.4, -0.2) is 22.4 Å². The molecule has 134 valence electrons. The Morgan fingerprint density at radius 1 is 1.07 bits per heavy atom. The molecule has 0 fully saturated rings. The van der Waals surface area contributed by atoms with Crippen molar-refractivity contribution < 1.29 is 4.79 Å². The summed E-state index contributed by atoms with van der Waals surface area (Å²) in [5.41, 5.74) is 1.90. The normalized spacial score (nSPS) is 10.1. The zero-order valence-corrected chi connectivity index (χ0v) is 14.9. The number of amides is 1. The van der Waals surface area contributed by atoms with Crippen LogP contribution in [0.2, 0.25) is 0 Å². The van der Waals surface area contributed by atoms with E-state index in [1.165, 1.54) is 0 Å². The van der Waals surface area contributed by atoms with Crippen molar-refractivity contribution in [2.75, 3.05) is 17.2 Å². The third kappa shape index (κ3) is 4.47. The Kier molecular flexibility index (Phi) is 5.75. The Bertz CT molecular complexity index is 979. The van der Waals surface area contributed by atoms with Crippen LogP contribution in [0.5, 0.6) is 0 Å². The molecule has 0 aliphatic heterocycles. The molecule has 6 heteroatoms. The van der Waals surface area contributed by atoms with Crippen LogP contribution in [-0.2, 0) is 0 Å². The molecule has 0 saturated heterocycles. The summed E-state index contributed by atoms with van der Waals surface area (Å²) in [6, 6.07) is 20.0. The minimum Gasteiger partial charge on any atom is -0.370 e. The standard InChI is InChI=1S/C21H19N5O/c1-2-12-23-19-13-18(24-20(26-19)15-8-4-3-5-9-15)21(27)25-17-11-7-6-10-16(17)14-22/h3-11,13H,2,12H2,1H3,(H,25,27)(H,23,24,26). The SMILES string of the molecule is CCCNc1cc(C(=O)Nc2ccccc2C#N)nc(-c2ccccc2)n1. The highest BCUT2D eigenvalue weighted by Gasteiger charge is 2.14. The molecule has 2 N–H and O–H groups in total. The van der Waals surface area contributed by atoms with E-state index < -0.39 is 5.91 Å². The summed E-state index contributed by atoms with van der Waals surface area (Å²) < 4.78 is 0. The maximum Gasteiger partial charge on any atom is 0.274 e. The zero-order valence-electron chi connectivity index (χ0n) is 14.9. The predicted octanol–water partition coefficient (Wildman–Crippen LogP) is 4.09. The molecule has 0 radical (unpaired) electrons. The lowest BCUT2D eigenvalue weighted by atomic mass is 10.2. The number of benzene rings is 2. The third-order valence-corrected chi connectivity index (χ3v) is 3.84. The van der Waals surface area contributed by atoms with Crippen molar-refractivity contribution in [3.8, 4) is 17.5 Å². The van der Waals surface area contributed by atoms with E-state index in [0.29, 0.717) is 22.9 Å². The van der Waals surface area contributed by atoms with Gasteiger partial charge >= 0.3 is 0 Å².